The minimum absolute atomic E-state index is 0.0275. The molecule has 2 rings (SSSR count). The third-order valence-corrected chi connectivity index (χ3v) is 4.52. The molecule has 2 N–H and O–H groups in total. The summed E-state index contributed by atoms with van der Waals surface area (Å²) in [6.45, 7) is 6.97. The average molecular weight is 320 g/mol. The van der Waals surface area contributed by atoms with E-state index in [1.807, 2.05) is 6.07 Å². The first-order valence-corrected chi connectivity index (χ1v) is 8.52. The number of carbonyl (C=O) groups excluding carboxylic acids is 1. The molecule has 1 aliphatic rings. The number of phenols is 1. The monoisotopic (exact) mass is 320 g/mol. The lowest BCUT2D eigenvalue weighted by Gasteiger charge is -2.23. The van der Waals surface area contributed by atoms with E-state index in [2.05, 4.69) is 24.1 Å². The van der Waals surface area contributed by atoms with E-state index in [0.29, 0.717) is 18.2 Å². The smallest absolute Gasteiger partial charge is 0.255 e. The molecule has 1 saturated heterocycles. The van der Waals surface area contributed by atoms with Crippen LogP contribution in [-0.2, 0) is 6.42 Å². The Hall–Kier alpha value is -1.75. The molecule has 5 heteroatoms. The van der Waals surface area contributed by atoms with E-state index in [-0.39, 0.29) is 17.4 Å². The molecule has 0 radical (unpaired) electrons. The Labute approximate surface area is 138 Å². The summed E-state index contributed by atoms with van der Waals surface area (Å²) >= 11 is 0. The van der Waals surface area contributed by atoms with Crippen molar-refractivity contribution < 1.29 is 14.6 Å². The standard InChI is InChI=1S/C18H28N2O3/c1-4-7-13-10-15(17(23-3)16(21)11-13)18(22)19-12-14-8-6-9-20(14)5-2/h10-11,14,21H,4-9,12H2,1-3H3,(H,19,22)/t14-/m0/s1. The van der Waals surface area contributed by atoms with E-state index >= 15 is 0 Å². The lowest BCUT2D eigenvalue weighted by molar-refractivity contribution is 0.0937. The van der Waals surface area contributed by atoms with Gasteiger partial charge in [-0.3, -0.25) is 9.69 Å². The normalized spacial score (nSPS) is 18.1. The number of aromatic hydroxyl groups is 1. The Morgan fingerprint density at radius 1 is 1.43 bits per heavy atom. The first kappa shape index (κ1) is 17.6. The van der Waals surface area contributed by atoms with Crippen molar-refractivity contribution in [3.05, 3.63) is 23.3 Å². The maximum absolute atomic E-state index is 12.6. The molecule has 1 amide bonds. The minimum atomic E-state index is -0.182. The second-order valence-electron chi connectivity index (χ2n) is 6.08. The van der Waals surface area contributed by atoms with Crippen molar-refractivity contribution in [1.82, 2.24) is 10.2 Å². The van der Waals surface area contributed by atoms with Gasteiger partial charge in [-0.15, -0.1) is 0 Å². The summed E-state index contributed by atoms with van der Waals surface area (Å²) in [5.74, 6) is 0.0961. The van der Waals surface area contributed by atoms with Gasteiger partial charge in [0.05, 0.1) is 12.7 Å². The van der Waals surface area contributed by atoms with Gasteiger partial charge in [0.2, 0.25) is 0 Å². The second-order valence-corrected chi connectivity index (χ2v) is 6.08. The van der Waals surface area contributed by atoms with Crippen LogP contribution in [0, 0.1) is 0 Å². The third kappa shape index (κ3) is 4.16. The Morgan fingerprint density at radius 3 is 2.87 bits per heavy atom. The number of ether oxygens (including phenoxy) is 1. The van der Waals surface area contributed by atoms with Crippen LogP contribution in [0.5, 0.6) is 11.5 Å². The van der Waals surface area contributed by atoms with Crippen LogP contribution in [0.4, 0.5) is 0 Å². The molecule has 0 aliphatic carbocycles. The van der Waals surface area contributed by atoms with E-state index in [1.54, 1.807) is 6.07 Å². The summed E-state index contributed by atoms with van der Waals surface area (Å²) in [6, 6.07) is 3.90. The fourth-order valence-corrected chi connectivity index (χ4v) is 3.34. The quantitative estimate of drug-likeness (QED) is 0.810. The van der Waals surface area contributed by atoms with Gasteiger partial charge in [0.15, 0.2) is 11.5 Å². The molecule has 128 valence electrons. The number of phenolic OH excluding ortho intramolecular Hbond substituents is 1. The zero-order valence-corrected chi connectivity index (χ0v) is 14.4. The summed E-state index contributed by atoms with van der Waals surface area (Å²) in [5, 5.41) is 13.1. The van der Waals surface area contributed by atoms with Gasteiger partial charge in [-0.1, -0.05) is 20.3 Å². The number of nitrogens with one attached hydrogen (secondary N) is 1. The number of amides is 1. The predicted molar refractivity (Wildman–Crippen MR) is 91.3 cm³/mol. The fraction of sp³-hybridized carbons (Fsp3) is 0.611. The highest BCUT2D eigenvalue weighted by atomic mass is 16.5. The van der Waals surface area contributed by atoms with Crippen LogP contribution in [0.3, 0.4) is 0 Å². The first-order valence-electron chi connectivity index (χ1n) is 8.52. The molecule has 1 atom stereocenters. The van der Waals surface area contributed by atoms with Gasteiger partial charge in [-0.05, 0) is 50.0 Å². The van der Waals surface area contributed by atoms with E-state index in [4.69, 9.17) is 4.74 Å². The van der Waals surface area contributed by atoms with E-state index in [0.717, 1.165) is 37.9 Å². The van der Waals surface area contributed by atoms with Crippen molar-refractivity contribution in [3.8, 4) is 11.5 Å². The van der Waals surface area contributed by atoms with Crippen LogP contribution in [0.2, 0.25) is 0 Å². The van der Waals surface area contributed by atoms with Crippen molar-refractivity contribution in [2.75, 3.05) is 26.7 Å². The van der Waals surface area contributed by atoms with Crippen LogP contribution >= 0.6 is 0 Å². The van der Waals surface area contributed by atoms with Gasteiger partial charge < -0.3 is 15.2 Å². The van der Waals surface area contributed by atoms with Crippen LogP contribution < -0.4 is 10.1 Å². The predicted octanol–water partition coefficient (Wildman–Crippen LogP) is 2.57. The molecule has 1 aromatic carbocycles. The molecule has 0 bridgehead atoms. The molecular formula is C18H28N2O3. The zero-order chi connectivity index (χ0) is 16.8. The van der Waals surface area contributed by atoms with Gasteiger partial charge in [-0.2, -0.15) is 0 Å². The minimum Gasteiger partial charge on any atom is -0.504 e. The van der Waals surface area contributed by atoms with Crippen LogP contribution in [0.15, 0.2) is 12.1 Å². The molecule has 1 fully saturated rings. The molecule has 0 saturated carbocycles. The summed E-state index contributed by atoms with van der Waals surface area (Å²) in [5.41, 5.74) is 1.36. The Balaban J connectivity index is 2.11. The van der Waals surface area contributed by atoms with Crippen LogP contribution in [-0.4, -0.2) is 48.7 Å². The highest BCUT2D eigenvalue weighted by molar-refractivity contribution is 5.98. The number of rotatable bonds is 7. The number of benzene rings is 1. The number of likely N-dealkylation sites (N-methyl/N-ethyl adjacent to an activating group) is 1. The SMILES string of the molecule is CCCc1cc(O)c(OC)c(C(=O)NC[C@@H]2CCCN2CC)c1. The van der Waals surface area contributed by atoms with E-state index < -0.39 is 0 Å². The molecule has 1 aromatic rings. The molecule has 23 heavy (non-hydrogen) atoms. The molecule has 5 nitrogen and oxygen atoms in total. The number of likely N-dealkylation sites (tertiary alicyclic amines) is 1. The van der Waals surface area contributed by atoms with Crippen molar-refractivity contribution in [2.24, 2.45) is 0 Å². The topological polar surface area (TPSA) is 61.8 Å². The van der Waals surface area contributed by atoms with Gasteiger partial charge in [0, 0.05) is 12.6 Å². The first-order chi connectivity index (χ1) is 11.1. The van der Waals surface area contributed by atoms with Crippen LogP contribution in [0.25, 0.3) is 0 Å². The van der Waals surface area contributed by atoms with Crippen molar-refractivity contribution in [3.63, 3.8) is 0 Å². The summed E-state index contributed by atoms with van der Waals surface area (Å²) in [4.78, 5) is 15.0. The highest BCUT2D eigenvalue weighted by Crippen LogP contribution is 2.32. The summed E-state index contributed by atoms with van der Waals surface area (Å²) < 4.78 is 5.22. The van der Waals surface area contributed by atoms with Crippen molar-refractivity contribution in [2.45, 2.75) is 45.6 Å². The maximum atomic E-state index is 12.6. The lowest BCUT2D eigenvalue weighted by Crippen LogP contribution is -2.40. The number of carbonyl (C=O) groups is 1. The number of methoxy groups -OCH3 is 1. The molecule has 1 heterocycles. The largest absolute Gasteiger partial charge is 0.504 e. The lowest BCUT2D eigenvalue weighted by atomic mass is 10.0. The number of hydrogen-bond acceptors (Lipinski definition) is 4. The Bertz CT molecular complexity index is 545. The molecular weight excluding hydrogens is 292 g/mol. The van der Waals surface area contributed by atoms with Gasteiger partial charge >= 0.3 is 0 Å². The van der Waals surface area contributed by atoms with Gasteiger partial charge in [0.1, 0.15) is 0 Å². The Kier molecular flexibility index (Phi) is 6.28. The molecule has 0 unspecified atom stereocenters. The summed E-state index contributed by atoms with van der Waals surface area (Å²) in [7, 11) is 1.47. The molecule has 0 spiro atoms. The average Bonchev–Trinajstić information content (AvgIpc) is 3.00. The number of aryl methyl sites for hydroxylation is 1. The highest BCUT2D eigenvalue weighted by Gasteiger charge is 2.24. The third-order valence-electron chi connectivity index (χ3n) is 4.52. The fourth-order valence-electron chi connectivity index (χ4n) is 3.34. The molecule has 1 aliphatic heterocycles. The van der Waals surface area contributed by atoms with Gasteiger partial charge in [0.25, 0.3) is 5.91 Å². The maximum Gasteiger partial charge on any atom is 0.255 e. The van der Waals surface area contributed by atoms with Crippen molar-refractivity contribution in [1.29, 1.82) is 0 Å². The second kappa shape index (κ2) is 8.20. The van der Waals surface area contributed by atoms with E-state index in [9.17, 15) is 9.90 Å². The van der Waals surface area contributed by atoms with Crippen molar-refractivity contribution >= 4 is 5.91 Å². The van der Waals surface area contributed by atoms with Crippen LogP contribution in [0.1, 0.15) is 49.0 Å². The summed E-state index contributed by atoms with van der Waals surface area (Å²) in [6.07, 6.45) is 4.08. The molecule has 0 aromatic heterocycles. The zero-order valence-electron chi connectivity index (χ0n) is 14.4. The van der Waals surface area contributed by atoms with Gasteiger partial charge in [-0.25, -0.2) is 0 Å². The Morgan fingerprint density at radius 2 is 2.22 bits per heavy atom. The number of hydrogen-bond donors (Lipinski definition) is 2. The number of nitrogens with zero attached hydrogens (tertiary/aromatic N) is 1. The van der Waals surface area contributed by atoms with E-state index in [1.165, 1.54) is 13.5 Å².